The fraction of sp³-hybridized carbons (Fsp3) is 1.00. The molecule has 0 aromatic carbocycles. The number of hydrogen-bond donors (Lipinski definition) is 3. The second kappa shape index (κ2) is 4.31. The zero-order valence-corrected chi connectivity index (χ0v) is 7.65. The van der Waals surface area contributed by atoms with Gasteiger partial charge < -0.3 is 23.9 Å². The largest absolute Gasteiger partial charge is 0.492 e. The predicted molar refractivity (Wildman–Crippen MR) is 42.4 cm³/mol. The van der Waals surface area contributed by atoms with Crippen LogP contribution in [0.2, 0.25) is 6.04 Å². The van der Waals surface area contributed by atoms with Gasteiger partial charge in [0.15, 0.2) is 4.29 Å². The van der Waals surface area contributed by atoms with Crippen molar-refractivity contribution in [2.24, 2.45) is 0 Å². The summed E-state index contributed by atoms with van der Waals surface area (Å²) in [5.74, 6) is 0. The quantitative estimate of drug-likeness (QED) is 0.245. The summed E-state index contributed by atoms with van der Waals surface area (Å²) in [4.78, 5) is 12.5. The van der Waals surface area contributed by atoms with E-state index in [0.717, 1.165) is 6.61 Å². The monoisotopic (exact) mass is 200 g/mol. The molecule has 0 bridgehead atoms. The summed E-state index contributed by atoms with van der Waals surface area (Å²) in [6.07, 6.45) is 0.745. The number of rotatable bonds is 9. The molecule has 0 aromatic heterocycles. The number of hydrogen-bond acceptors (Lipinski definition) is 5. The Bertz CT molecular complexity index is 170. The summed E-state index contributed by atoms with van der Waals surface area (Å²) in [7, 11) is -3.39. The molecule has 1 aliphatic heterocycles. The Hall–Kier alpha value is 0.0169. The molecule has 0 spiro atoms. The molecule has 1 saturated heterocycles. The second-order valence-electron chi connectivity index (χ2n) is 2.82. The number of epoxide rings is 1. The van der Waals surface area contributed by atoms with Crippen LogP contribution in [0.15, 0.2) is 0 Å². The van der Waals surface area contributed by atoms with Crippen molar-refractivity contribution in [1.82, 2.24) is 0 Å². The van der Waals surface area contributed by atoms with Gasteiger partial charge in [-0.05, 0) is 6.42 Å². The molecule has 0 amide bonds. The van der Waals surface area contributed by atoms with E-state index in [1.807, 2.05) is 0 Å². The topological polar surface area (TPSA) is 82.5 Å². The van der Waals surface area contributed by atoms with Gasteiger partial charge in [0.05, 0.1) is 13.2 Å². The van der Waals surface area contributed by atoms with Gasteiger partial charge in [-0.2, -0.15) is 0 Å². The Morgan fingerprint density at radius 1 is 1.58 bits per heavy atom. The minimum absolute atomic E-state index is 0.217. The zero-order chi connectivity index (χ0) is 11.1. The van der Waals surface area contributed by atoms with E-state index in [2.05, 4.69) is 14.4 Å². The number of ether oxygens (including phenoxy) is 2. The van der Waals surface area contributed by atoms with Crippen LogP contribution >= 0.6 is 0 Å². The third-order valence-electron chi connectivity index (χ3n) is 1.48. The van der Waals surface area contributed by atoms with E-state index in [-0.39, 0.29) is 12.1 Å². The lowest BCUT2D eigenvalue weighted by Gasteiger charge is -2.08. The van der Waals surface area contributed by atoms with Crippen LogP contribution in [0.3, 0.4) is 0 Å². The maximum Gasteiger partial charge on any atom is 0.492 e. The maximum absolute atomic E-state index is 6.68. The molecule has 12 heavy (non-hydrogen) atoms. The van der Waals surface area contributed by atoms with Crippen molar-refractivity contribution in [2.45, 2.75) is 18.6 Å². The summed E-state index contributed by atoms with van der Waals surface area (Å²) in [6.45, 7) is 1.75. The van der Waals surface area contributed by atoms with Gasteiger partial charge in [-0.1, -0.05) is 0 Å². The smallest absolute Gasteiger partial charge is 0.390 e. The van der Waals surface area contributed by atoms with Gasteiger partial charge in [-0.15, -0.1) is 0 Å². The molecule has 0 saturated carbocycles. The van der Waals surface area contributed by atoms with Gasteiger partial charge in [-0.3, -0.25) is 0 Å². The van der Waals surface area contributed by atoms with Crippen molar-refractivity contribution in [3.8, 4) is 0 Å². The highest BCUT2D eigenvalue weighted by molar-refractivity contribution is 6.56. The van der Waals surface area contributed by atoms with Crippen molar-refractivity contribution in [2.75, 3.05) is 19.8 Å². The van der Waals surface area contributed by atoms with Crippen LogP contribution in [0.4, 0.5) is 0 Å². The summed E-state index contributed by atoms with van der Waals surface area (Å²) >= 11 is 0. The summed E-state index contributed by atoms with van der Waals surface area (Å²) in [5, 5.41) is 0. The highest BCUT2D eigenvalue weighted by atomic mass is 28.4. The van der Waals surface area contributed by atoms with E-state index in [1.54, 1.807) is 0 Å². The summed E-state index contributed by atoms with van der Waals surface area (Å²) in [5.41, 5.74) is 0. The average Bonchev–Trinajstić information content (AvgIpc) is 3.08. The molecule has 3 N–H and O–H groups in total. The van der Waals surface area contributed by atoms with E-state index in [9.17, 15) is 0 Å². The van der Waals surface area contributed by atoms with E-state index < -0.39 is 8.80 Å². The normalized spacial score (nSPS) is 26.0. The molecule has 0 aliphatic carbocycles. The summed E-state index contributed by atoms with van der Waals surface area (Å²) < 4.78 is 30.2. The Kier molecular flexibility index (Phi) is 2.32. The summed E-state index contributed by atoms with van der Waals surface area (Å²) in [6, 6.07) is 0.217. The molecule has 1 rings (SSSR count). The van der Waals surface area contributed by atoms with Gasteiger partial charge >= 0.3 is 8.80 Å². The van der Waals surface area contributed by atoms with Crippen LogP contribution in [0.5, 0.6) is 0 Å². The van der Waals surface area contributed by atoms with Crippen LogP contribution in [0.1, 0.15) is 6.42 Å². The minimum Gasteiger partial charge on any atom is -0.390 e. The molecule has 72 valence electrons. The van der Waals surface area contributed by atoms with Crippen molar-refractivity contribution < 1.29 is 23.9 Å². The molecule has 1 unspecified atom stereocenters. The Morgan fingerprint density at radius 2 is 2.33 bits per heavy atom. The molecular weight excluding hydrogens is 180 g/mol. The van der Waals surface area contributed by atoms with Crippen LogP contribution in [-0.2, 0) is 9.47 Å². The van der Waals surface area contributed by atoms with Crippen LogP contribution in [0.25, 0.3) is 0 Å². The molecule has 1 heterocycles. The molecule has 0 radical (unpaired) electrons. The van der Waals surface area contributed by atoms with Crippen LogP contribution in [-0.4, -0.2) is 53.4 Å². The SMILES string of the molecule is [3H]O[Si](CCCOCC1CO1)(O[3H])O[3H]. The fourth-order valence-corrected chi connectivity index (χ4v) is 1.35. The lowest BCUT2D eigenvalue weighted by Crippen LogP contribution is -2.34. The highest BCUT2D eigenvalue weighted by Crippen LogP contribution is 2.09. The molecule has 1 atom stereocenters. The molecular formula is C6H14O5Si. The van der Waals surface area contributed by atoms with Gasteiger partial charge in [0.2, 0.25) is 0 Å². The van der Waals surface area contributed by atoms with Gasteiger partial charge in [0, 0.05) is 12.7 Å². The standard InChI is InChI=1S/C6H14O5Si/c7-12(8,9)3-1-2-10-4-6-5-11-6/h6-9H,1-5H2/i7T,8T,9T. The van der Waals surface area contributed by atoms with E-state index in [1.165, 1.54) is 0 Å². The average molecular weight is 200 g/mol. The van der Waals surface area contributed by atoms with Crippen molar-refractivity contribution in [1.29, 1.82) is 4.29 Å². The molecule has 6 heteroatoms. The first kappa shape index (κ1) is 6.47. The lowest BCUT2D eigenvalue weighted by atomic mass is 10.5. The van der Waals surface area contributed by atoms with Crippen LogP contribution in [0, 0.1) is 0 Å². The van der Waals surface area contributed by atoms with E-state index in [4.69, 9.17) is 13.8 Å². The molecule has 1 aliphatic rings. The first-order valence-corrected chi connectivity index (χ1v) is 5.82. The second-order valence-corrected chi connectivity index (χ2v) is 4.68. The molecule has 0 aromatic rings. The van der Waals surface area contributed by atoms with Crippen molar-refractivity contribution in [3.05, 3.63) is 0 Å². The Labute approximate surface area is 76.4 Å². The maximum atomic E-state index is 6.68. The third kappa shape index (κ3) is 5.64. The van der Waals surface area contributed by atoms with Gasteiger partial charge in [0.25, 0.3) is 0 Å². The van der Waals surface area contributed by atoms with Crippen molar-refractivity contribution >= 4 is 8.80 Å². The van der Waals surface area contributed by atoms with E-state index >= 15 is 0 Å². The molecule has 1 fully saturated rings. The first-order chi connectivity index (χ1) is 7.26. The fourth-order valence-electron chi connectivity index (χ4n) is 0.770. The Morgan fingerprint density at radius 3 is 2.92 bits per heavy atom. The first-order valence-electron chi connectivity index (χ1n) is 5.11. The van der Waals surface area contributed by atoms with E-state index in [0.29, 0.717) is 19.6 Å². The zero-order valence-electron chi connectivity index (χ0n) is 9.65. The predicted octanol–water partition coefficient (Wildman–Crippen LogP) is -1.29. The van der Waals surface area contributed by atoms with Crippen LogP contribution < -0.4 is 0 Å². The van der Waals surface area contributed by atoms with Gasteiger partial charge in [-0.25, -0.2) is 0 Å². The third-order valence-corrected chi connectivity index (χ3v) is 2.44. The highest BCUT2D eigenvalue weighted by Gasteiger charge is 2.26. The molecule has 5 nitrogen and oxygen atoms in total. The minimum atomic E-state index is -3.39. The van der Waals surface area contributed by atoms with Gasteiger partial charge in [0.1, 0.15) is 6.10 Å². The Balaban J connectivity index is 2.04. The van der Waals surface area contributed by atoms with Crippen molar-refractivity contribution in [3.63, 3.8) is 0 Å². The lowest BCUT2D eigenvalue weighted by molar-refractivity contribution is 0.113.